The summed E-state index contributed by atoms with van der Waals surface area (Å²) in [6.07, 6.45) is 0.289. The number of nitrogens with one attached hydrogen (secondary N) is 1. The van der Waals surface area contributed by atoms with Crippen molar-refractivity contribution in [3.8, 4) is 5.75 Å². The maximum absolute atomic E-state index is 11.6. The first-order valence-corrected chi connectivity index (χ1v) is 5.16. The van der Waals surface area contributed by atoms with E-state index in [1.165, 1.54) is 12.0 Å². The van der Waals surface area contributed by atoms with E-state index in [1.54, 1.807) is 18.2 Å². The molecule has 90 valence electrons. The number of carbonyl (C=O) groups is 2. The summed E-state index contributed by atoms with van der Waals surface area (Å²) in [7, 11) is 1.53. The van der Waals surface area contributed by atoms with Gasteiger partial charge in [-0.1, -0.05) is 0 Å². The average molecular weight is 235 g/mol. The maximum atomic E-state index is 11.6. The molecule has 0 unspecified atom stereocenters. The van der Waals surface area contributed by atoms with Crippen molar-refractivity contribution in [1.29, 1.82) is 0 Å². The number of urea groups is 1. The minimum absolute atomic E-state index is 0.257. The Morgan fingerprint density at radius 2 is 2.18 bits per heavy atom. The molecule has 2 rings (SSSR count). The van der Waals surface area contributed by atoms with E-state index in [0.29, 0.717) is 23.7 Å². The number of hydrogen-bond donors (Lipinski definition) is 2. The second-order valence-corrected chi connectivity index (χ2v) is 3.68. The summed E-state index contributed by atoms with van der Waals surface area (Å²) in [5, 5.41) is 2.25. The molecule has 0 bridgehead atoms. The molecule has 0 spiro atoms. The van der Waals surface area contributed by atoms with Crippen molar-refractivity contribution in [2.45, 2.75) is 6.42 Å². The van der Waals surface area contributed by atoms with Crippen LogP contribution in [0.2, 0.25) is 0 Å². The molecule has 1 aromatic carbocycles. The predicted octanol–water partition coefficient (Wildman–Crippen LogP) is 0.724. The smallest absolute Gasteiger partial charge is 0.328 e. The number of ether oxygens (including phenoxy) is 1. The van der Waals surface area contributed by atoms with Gasteiger partial charge in [-0.2, -0.15) is 0 Å². The Labute approximate surface area is 98.3 Å². The Morgan fingerprint density at radius 3 is 2.76 bits per heavy atom. The molecule has 3 amide bonds. The largest absolute Gasteiger partial charge is 0.495 e. The van der Waals surface area contributed by atoms with Crippen molar-refractivity contribution in [3.05, 3.63) is 18.2 Å². The summed E-state index contributed by atoms with van der Waals surface area (Å²) in [6.45, 7) is 0.358. The third-order valence-corrected chi connectivity index (χ3v) is 2.58. The van der Waals surface area contributed by atoms with Gasteiger partial charge in [0.1, 0.15) is 5.75 Å². The SMILES string of the molecule is COc1ccc(N2CCC(=O)NC2=O)cc1N. The number of rotatable bonds is 2. The van der Waals surface area contributed by atoms with Crippen LogP contribution in [0.4, 0.5) is 16.2 Å². The van der Waals surface area contributed by atoms with E-state index < -0.39 is 6.03 Å². The predicted molar refractivity (Wildman–Crippen MR) is 62.9 cm³/mol. The van der Waals surface area contributed by atoms with Crippen molar-refractivity contribution in [2.24, 2.45) is 0 Å². The van der Waals surface area contributed by atoms with E-state index in [1.807, 2.05) is 0 Å². The number of nitrogens with zero attached hydrogens (tertiary/aromatic N) is 1. The summed E-state index contributed by atoms with van der Waals surface area (Å²) in [4.78, 5) is 24.1. The standard InChI is InChI=1S/C11H13N3O3/c1-17-9-3-2-7(6-8(9)12)14-5-4-10(15)13-11(14)16/h2-3,6H,4-5,12H2,1H3,(H,13,15,16). The first-order valence-electron chi connectivity index (χ1n) is 5.16. The number of carbonyl (C=O) groups excluding carboxylic acids is 2. The number of benzene rings is 1. The van der Waals surface area contributed by atoms with Crippen molar-refractivity contribution < 1.29 is 14.3 Å². The fourth-order valence-corrected chi connectivity index (χ4v) is 1.70. The van der Waals surface area contributed by atoms with E-state index in [4.69, 9.17) is 10.5 Å². The Bertz CT molecular complexity index is 473. The molecule has 3 N–H and O–H groups in total. The molecule has 1 aliphatic rings. The van der Waals surface area contributed by atoms with Gasteiger partial charge in [0.15, 0.2) is 0 Å². The molecule has 0 saturated carbocycles. The zero-order chi connectivity index (χ0) is 12.4. The molecule has 0 radical (unpaired) electrons. The molecule has 1 heterocycles. The zero-order valence-electron chi connectivity index (χ0n) is 9.40. The maximum Gasteiger partial charge on any atom is 0.328 e. The lowest BCUT2D eigenvalue weighted by Gasteiger charge is -2.26. The summed E-state index contributed by atoms with van der Waals surface area (Å²) >= 11 is 0. The van der Waals surface area contributed by atoms with Gasteiger partial charge < -0.3 is 10.5 Å². The molecule has 6 nitrogen and oxygen atoms in total. The number of hydrogen-bond acceptors (Lipinski definition) is 4. The highest BCUT2D eigenvalue weighted by atomic mass is 16.5. The zero-order valence-corrected chi connectivity index (χ0v) is 9.40. The van der Waals surface area contributed by atoms with Crippen LogP contribution in [-0.2, 0) is 4.79 Å². The van der Waals surface area contributed by atoms with Gasteiger partial charge in [0, 0.05) is 18.7 Å². The number of imide groups is 1. The molecule has 1 aromatic rings. The van der Waals surface area contributed by atoms with Crippen molar-refractivity contribution in [3.63, 3.8) is 0 Å². The summed E-state index contributed by atoms with van der Waals surface area (Å²) in [6, 6.07) is 4.64. The summed E-state index contributed by atoms with van der Waals surface area (Å²) in [5.41, 5.74) is 6.86. The molecule has 6 heteroatoms. The number of methoxy groups -OCH3 is 1. The van der Waals surface area contributed by atoms with E-state index >= 15 is 0 Å². The van der Waals surface area contributed by atoms with Crippen LogP contribution in [-0.4, -0.2) is 25.6 Å². The molecule has 1 aliphatic heterocycles. The molecule has 0 aromatic heterocycles. The minimum atomic E-state index is -0.425. The van der Waals surface area contributed by atoms with Gasteiger partial charge in [-0.05, 0) is 18.2 Å². The van der Waals surface area contributed by atoms with Crippen LogP contribution in [0.15, 0.2) is 18.2 Å². The fourth-order valence-electron chi connectivity index (χ4n) is 1.70. The number of nitrogen functional groups attached to an aromatic ring is 1. The van der Waals surface area contributed by atoms with Crippen LogP contribution in [0, 0.1) is 0 Å². The van der Waals surface area contributed by atoms with Gasteiger partial charge in [0.2, 0.25) is 5.91 Å². The second kappa shape index (κ2) is 4.32. The Morgan fingerprint density at radius 1 is 1.41 bits per heavy atom. The third kappa shape index (κ3) is 2.15. The second-order valence-electron chi connectivity index (χ2n) is 3.68. The molecule has 0 aliphatic carbocycles. The molecule has 0 atom stereocenters. The van der Waals surface area contributed by atoms with Crippen molar-refractivity contribution in [2.75, 3.05) is 24.3 Å². The molecule has 17 heavy (non-hydrogen) atoms. The van der Waals surface area contributed by atoms with Crippen molar-refractivity contribution >= 4 is 23.3 Å². The average Bonchev–Trinajstić information content (AvgIpc) is 2.29. The van der Waals surface area contributed by atoms with Crippen LogP contribution in [0.1, 0.15) is 6.42 Å². The third-order valence-electron chi connectivity index (χ3n) is 2.58. The fraction of sp³-hybridized carbons (Fsp3) is 0.273. The van der Waals surface area contributed by atoms with Gasteiger partial charge in [-0.25, -0.2) is 4.79 Å². The van der Waals surface area contributed by atoms with Crippen LogP contribution in [0.3, 0.4) is 0 Å². The molecular formula is C11H13N3O3. The van der Waals surface area contributed by atoms with Gasteiger partial charge in [0.05, 0.1) is 12.8 Å². The van der Waals surface area contributed by atoms with E-state index in [0.717, 1.165) is 0 Å². The highest BCUT2D eigenvalue weighted by Crippen LogP contribution is 2.27. The van der Waals surface area contributed by atoms with Gasteiger partial charge in [-0.3, -0.25) is 15.0 Å². The highest BCUT2D eigenvalue weighted by molar-refractivity contribution is 6.05. The topological polar surface area (TPSA) is 84.7 Å². The van der Waals surface area contributed by atoms with E-state index in [9.17, 15) is 9.59 Å². The Hall–Kier alpha value is -2.24. The Kier molecular flexibility index (Phi) is 2.86. The normalized spacial score (nSPS) is 15.7. The summed E-state index contributed by atoms with van der Waals surface area (Å²) < 4.78 is 5.03. The van der Waals surface area contributed by atoms with Crippen LogP contribution in [0.5, 0.6) is 5.75 Å². The van der Waals surface area contributed by atoms with E-state index in [-0.39, 0.29) is 12.3 Å². The van der Waals surface area contributed by atoms with Crippen molar-refractivity contribution in [1.82, 2.24) is 5.32 Å². The molecule has 1 fully saturated rings. The van der Waals surface area contributed by atoms with Gasteiger partial charge >= 0.3 is 6.03 Å². The lowest BCUT2D eigenvalue weighted by Crippen LogP contribution is -2.49. The first kappa shape index (κ1) is 11.3. The summed E-state index contributed by atoms with van der Waals surface area (Å²) in [5.74, 6) is 0.301. The quantitative estimate of drug-likeness (QED) is 0.740. The van der Waals surface area contributed by atoms with Crippen LogP contribution < -0.4 is 20.7 Å². The minimum Gasteiger partial charge on any atom is -0.495 e. The number of anilines is 2. The van der Waals surface area contributed by atoms with Crippen LogP contribution in [0.25, 0.3) is 0 Å². The molecule has 1 saturated heterocycles. The first-order chi connectivity index (χ1) is 8.11. The number of amides is 3. The van der Waals surface area contributed by atoms with E-state index in [2.05, 4.69) is 5.32 Å². The number of nitrogens with two attached hydrogens (primary N) is 1. The van der Waals surface area contributed by atoms with Crippen LogP contribution >= 0.6 is 0 Å². The lowest BCUT2D eigenvalue weighted by molar-refractivity contribution is -0.120. The van der Waals surface area contributed by atoms with Gasteiger partial charge in [0.25, 0.3) is 0 Å². The van der Waals surface area contributed by atoms with Gasteiger partial charge in [-0.15, -0.1) is 0 Å². The Balaban J connectivity index is 2.25. The molecular weight excluding hydrogens is 222 g/mol. The lowest BCUT2D eigenvalue weighted by atomic mass is 10.2. The highest BCUT2D eigenvalue weighted by Gasteiger charge is 2.24. The monoisotopic (exact) mass is 235 g/mol.